The molecule has 1 aromatic heterocycles. The van der Waals surface area contributed by atoms with Gasteiger partial charge in [0, 0.05) is 22.7 Å². The van der Waals surface area contributed by atoms with E-state index in [1.54, 1.807) is 6.92 Å². The van der Waals surface area contributed by atoms with E-state index in [-0.39, 0.29) is 10.9 Å². The second-order valence-electron chi connectivity index (χ2n) is 3.09. The number of rotatable bonds is 1. The number of carbonyl (C=O) groups excluding carboxylic acids is 1. The molecule has 0 atom stereocenters. The van der Waals surface area contributed by atoms with Gasteiger partial charge in [-0.05, 0) is 13.0 Å². The minimum atomic E-state index is -0.684. The molecule has 1 aromatic carbocycles. The molecule has 0 aliphatic heterocycles. The maximum atomic E-state index is 13.2. The van der Waals surface area contributed by atoms with E-state index >= 15 is 0 Å². The highest BCUT2D eigenvalue weighted by molar-refractivity contribution is 5.99. The van der Waals surface area contributed by atoms with Gasteiger partial charge in [-0.3, -0.25) is 4.79 Å². The minimum Gasteiger partial charge on any atom is -0.356 e. The first-order valence-electron chi connectivity index (χ1n) is 4.06. The smallest absolute Gasteiger partial charge is 0.152 e. The highest BCUT2D eigenvalue weighted by Crippen LogP contribution is 2.23. The maximum absolute atomic E-state index is 13.2. The lowest BCUT2D eigenvalue weighted by Crippen LogP contribution is -1.83. The zero-order valence-corrected chi connectivity index (χ0v) is 7.40. The van der Waals surface area contributed by atoms with Crippen LogP contribution in [0.25, 0.3) is 10.9 Å². The van der Waals surface area contributed by atoms with Gasteiger partial charge in [-0.25, -0.2) is 8.78 Å². The zero-order chi connectivity index (χ0) is 10.3. The van der Waals surface area contributed by atoms with Crippen molar-refractivity contribution in [3.63, 3.8) is 0 Å². The summed E-state index contributed by atoms with van der Waals surface area (Å²) in [6, 6.07) is 1.93. The topological polar surface area (TPSA) is 32.9 Å². The molecule has 14 heavy (non-hydrogen) atoms. The van der Waals surface area contributed by atoms with Gasteiger partial charge in [0.1, 0.15) is 11.6 Å². The Morgan fingerprint density at radius 3 is 2.71 bits per heavy atom. The second-order valence-corrected chi connectivity index (χ2v) is 3.09. The van der Waals surface area contributed by atoms with Crippen LogP contribution in [0.3, 0.4) is 0 Å². The van der Waals surface area contributed by atoms with Crippen LogP contribution in [0.15, 0.2) is 12.1 Å². The number of aldehydes is 1. The lowest BCUT2D eigenvalue weighted by molar-refractivity contribution is 0.112. The quantitative estimate of drug-likeness (QED) is 0.697. The van der Waals surface area contributed by atoms with Gasteiger partial charge in [-0.15, -0.1) is 0 Å². The summed E-state index contributed by atoms with van der Waals surface area (Å²) in [5.41, 5.74) is 1.02. The van der Waals surface area contributed by atoms with Crippen molar-refractivity contribution in [3.8, 4) is 0 Å². The van der Waals surface area contributed by atoms with Crippen LogP contribution in [-0.2, 0) is 0 Å². The molecule has 0 saturated carbocycles. The van der Waals surface area contributed by atoms with Gasteiger partial charge in [0.2, 0.25) is 0 Å². The molecule has 0 amide bonds. The van der Waals surface area contributed by atoms with Gasteiger partial charge in [0.25, 0.3) is 0 Å². The third-order valence-corrected chi connectivity index (χ3v) is 2.18. The largest absolute Gasteiger partial charge is 0.356 e. The van der Waals surface area contributed by atoms with Gasteiger partial charge in [-0.2, -0.15) is 0 Å². The molecule has 2 nitrogen and oxygen atoms in total. The monoisotopic (exact) mass is 195 g/mol. The molecule has 0 unspecified atom stereocenters. The van der Waals surface area contributed by atoms with E-state index in [4.69, 9.17) is 0 Å². The number of nitrogens with one attached hydrogen (secondary N) is 1. The number of carbonyl (C=O) groups is 1. The number of hydrogen-bond acceptors (Lipinski definition) is 1. The summed E-state index contributed by atoms with van der Waals surface area (Å²) in [6.07, 6.45) is 0.590. The number of benzene rings is 1. The maximum Gasteiger partial charge on any atom is 0.152 e. The summed E-state index contributed by atoms with van der Waals surface area (Å²) in [5, 5.41) is 0.287. The Bertz CT molecular complexity index is 516. The van der Waals surface area contributed by atoms with Crippen molar-refractivity contribution in [1.29, 1.82) is 0 Å². The molecule has 4 heteroatoms. The van der Waals surface area contributed by atoms with Crippen molar-refractivity contribution in [2.45, 2.75) is 6.92 Å². The molecule has 2 aromatic rings. The molecule has 72 valence electrons. The summed E-state index contributed by atoms with van der Waals surface area (Å²) >= 11 is 0. The number of H-pyrrole nitrogens is 1. The second kappa shape index (κ2) is 2.90. The normalized spacial score (nSPS) is 10.8. The molecule has 0 fully saturated rings. The average Bonchev–Trinajstić information content (AvgIpc) is 2.41. The third-order valence-electron chi connectivity index (χ3n) is 2.18. The summed E-state index contributed by atoms with van der Waals surface area (Å²) in [6.45, 7) is 1.64. The Balaban J connectivity index is 2.94. The molecule has 0 saturated heterocycles. The standard InChI is InChI=1S/C10H7F2NO/c1-5-8(4-14)7-2-6(11)3-9(12)10(7)13-5/h2-4,13H,1H3. The van der Waals surface area contributed by atoms with E-state index in [1.807, 2.05) is 0 Å². The molecule has 1 N–H and O–H groups in total. The van der Waals surface area contributed by atoms with Crippen molar-refractivity contribution < 1.29 is 13.6 Å². The van der Waals surface area contributed by atoms with Gasteiger partial charge in [0.15, 0.2) is 6.29 Å². The fraction of sp³-hybridized carbons (Fsp3) is 0.100. The Morgan fingerprint density at radius 1 is 1.36 bits per heavy atom. The molecule has 2 rings (SSSR count). The lowest BCUT2D eigenvalue weighted by atomic mass is 10.1. The van der Waals surface area contributed by atoms with Crippen LogP contribution in [0, 0.1) is 18.6 Å². The molecular weight excluding hydrogens is 188 g/mol. The molecule has 0 aliphatic carbocycles. The molecule has 1 heterocycles. The highest BCUT2D eigenvalue weighted by atomic mass is 19.1. The van der Waals surface area contributed by atoms with E-state index in [0.717, 1.165) is 12.1 Å². The number of aryl methyl sites for hydroxylation is 1. The Kier molecular flexibility index (Phi) is 1.84. The molecule has 0 radical (unpaired) electrons. The van der Waals surface area contributed by atoms with Crippen LogP contribution in [-0.4, -0.2) is 11.3 Å². The van der Waals surface area contributed by atoms with Crippen LogP contribution in [0.1, 0.15) is 16.1 Å². The first-order valence-corrected chi connectivity index (χ1v) is 4.06. The SMILES string of the molecule is Cc1[nH]c2c(F)cc(F)cc2c1C=O. The van der Waals surface area contributed by atoms with Gasteiger partial charge in [-0.1, -0.05) is 0 Å². The minimum absolute atomic E-state index is 0.172. The Morgan fingerprint density at radius 2 is 2.07 bits per heavy atom. The number of aromatic nitrogens is 1. The average molecular weight is 195 g/mol. The Hall–Kier alpha value is -1.71. The summed E-state index contributed by atoms with van der Waals surface area (Å²) < 4.78 is 26.0. The van der Waals surface area contributed by atoms with Crippen molar-refractivity contribution in [1.82, 2.24) is 4.98 Å². The molecule has 0 bridgehead atoms. The number of aromatic amines is 1. The number of halogens is 2. The Labute approximate surface area is 78.5 Å². The highest BCUT2D eigenvalue weighted by Gasteiger charge is 2.12. The summed E-state index contributed by atoms with van der Waals surface area (Å²) in [5.74, 6) is -1.37. The predicted molar refractivity (Wildman–Crippen MR) is 48.3 cm³/mol. The van der Waals surface area contributed by atoms with Crippen LogP contribution < -0.4 is 0 Å². The molecule has 0 spiro atoms. The summed E-state index contributed by atoms with van der Waals surface area (Å²) in [7, 11) is 0. The fourth-order valence-electron chi connectivity index (χ4n) is 1.52. The number of hydrogen-bond donors (Lipinski definition) is 1. The van der Waals surface area contributed by atoms with E-state index in [2.05, 4.69) is 4.98 Å². The summed E-state index contributed by atoms with van der Waals surface area (Å²) in [4.78, 5) is 13.4. The predicted octanol–water partition coefficient (Wildman–Crippen LogP) is 2.57. The van der Waals surface area contributed by atoms with Gasteiger partial charge >= 0.3 is 0 Å². The van der Waals surface area contributed by atoms with E-state index < -0.39 is 11.6 Å². The fourth-order valence-corrected chi connectivity index (χ4v) is 1.52. The van der Waals surface area contributed by atoms with Crippen LogP contribution in [0.5, 0.6) is 0 Å². The van der Waals surface area contributed by atoms with E-state index in [1.165, 1.54) is 0 Å². The van der Waals surface area contributed by atoms with E-state index in [0.29, 0.717) is 17.5 Å². The van der Waals surface area contributed by atoms with Crippen molar-refractivity contribution in [2.24, 2.45) is 0 Å². The van der Waals surface area contributed by atoms with Crippen molar-refractivity contribution in [2.75, 3.05) is 0 Å². The zero-order valence-electron chi connectivity index (χ0n) is 7.40. The number of fused-ring (bicyclic) bond motifs is 1. The lowest BCUT2D eigenvalue weighted by Gasteiger charge is -1.93. The first kappa shape index (κ1) is 8.87. The van der Waals surface area contributed by atoms with Crippen LogP contribution >= 0.6 is 0 Å². The van der Waals surface area contributed by atoms with Crippen molar-refractivity contribution in [3.05, 3.63) is 35.0 Å². The molecule has 0 aliphatic rings. The first-order chi connectivity index (χ1) is 6.63. The van der Waals surface area contributed by atoms with Crippen LogP contribution in [0.4, 0.5) is 8.78 Å². The van der Waals surface area contributed by atoms with Gasteiger partial charge < -0.3 is 4.98 Å². The van der Waals surface area contributed by atoms with Gasteiger partial charge in [0.05, 0.1) is 5.52 Å². The van der Waals surface area contributed by atoms with Crippen LogP contribution in [0.2, 0.25) is 0 Å². The molecular formula is C10H7F2NO. The van der Waals surface area contributed by atoms with E-state index in [9.17, 15) is 13.6 Å². The third kappa shape index (κ3) is 1.11. The van der Waals surface area contributed by atoms with Crippen molar-refractivity contribution >= 4 is 17.2 Å².